The van der Waals surface area contributed by atoms with E-state index in [1.807, 2.05) is 24.3 Å². The molecule has 0 atom stereocenters. The molecular formula is C22H26N6O2. The Hall–Kier alpha value is -3.39. The van der Waals surface area contributed by atoms with Crippen molar-refractivity contribution >= 4 is 11.6 Å². The van der Waals surface area contributed by atoms with Gasteiger partial charge in [0.25, 0.3) is 0 Å². The Bertz CT molecular complexity index is 1000. The molecule has 0 spiro atoms. The first-order valence-electron chi connectivity index (χ1n) is 10.0. The van der Waals surface area contributed by atoms with Crippen LogP contribution in [-0.2, 0) is 0 Å². The van der Waals surface area contributed by atoms with Gasteiger partial charge in [-0.05, 0) is 61.8 Å². The van der Waals surface area contributed by atoms with Crippen molar-refractivity contribution in [3.05, 3.63) is 42.6 Å². The molecule has 1 aliphatic rings. The predicted octanol–water partition coefficient (Wildman–Crippen LogP) is 2.85. The summed E-state index contributed by atoms with van der Waals surface area (Å²) in [7, 11) is 1.64. The van der Waals surface area contributed by atoms with E-state index in [0.717, 1.165) is 36.5 Å². The van der Waals surface area contributed by atoms with Crippen LogP contribution in [0.3, 0.4) is 0 Å². The maximum absolute atomic E-state index is 6.07. The summed E-state index contributed by atoms with van der Waals surface area (Å²) in [4.78, 5) is 6.75. The van der Waals surface area contributed by atoms with Crippen molar-refractivity contribution in [2.24, 2.45) is 0 Å². The van der Waals surface area contributed by atoms with Gasteiger partial charge in [-0.2, -0.15) is 0 Å². The Morgan fingerprint density at radius 2 is 1.80 bits per heavy atom. The second-order valence-corrected chi connectivity index (χ2v) is 7.26. The summed E-state index contributed by atoms with van der Waals surface area (Å²) in [6, 6.07) is 11.3. The number of anilines is 2. The molecule has 0 saturated carbocycles. The summed E-state index contributed by atoms with van der Waals surface area (Å²) in [5, 5.41) is 8.01. The van der Waals surface area contributed by atoms with E-state index in [-0.39, 0.29) is 0 Å². The number of aromatic nitrogens is 3. The Morgan fingerprint density at radius 3 is 2.53 bits per heavy atom. The minimum Gasteiger partial charge on any atom is -0.493 e. The van der Waals surface area contributed by atoms with Crippen LogP contribution in [0.15, 0.2) is 42.6 Å². The molecule has 2 aromatic heterocycles. The van der Waals surface area contributed by atoms with E-state index in [0.29, 0.717) is 35.2 Å². The summed E-state index contributed by atoms with van der Waals surface area (Å²) < 4.78 is 11.5. The normalized spacial score (nSPS) is 14.0. The number of nitrogens with two attached hydrogens (primary N) is 2. The van der Waals surface area contributed by atoms with Gasteiger partial charge in [0.05, 0.1) is 12.8 Å². The lowest BCUT2D eigenvalue weighted by Gasteiger charge is -2.17. The Kier molecular flexibility index (Phi) is 5.94. The van der Waals surface area contributed by atoms with Crippen LogP contribution in [0, 0.1) is 0 Å². The van der Waals surface area contributed by atoms with E-state index in [1.54, 1.807) is 25.4 Å². The van der Waals surface area contributed by atoms with Crippen LogP contribution in [0.4, 0.5) is 11.6 Å². The highest BCUT2D eigenvalue weighted by Gasteiger charge is 2.14. The number of likely N-dealkylation sites (tertiary alicyclic amines) is 1. The molecule has 156 valence electrons. The molecule has 1 saturated heterocycles. The second-order valence-electron chi connectivity index (χ2n) is 7.26. The summed E-state index contributed by atoms with van der Waals surface area (Å²) in [5.41, 5.74) is 14.8. The zero-order chi connectivity index (χ0) is 20.9. The molecule has 4 rings (SSSR count). The van der Waals surface area contributed by atoms with Gasteiger partial charge in [0.1, 0.15) is 18.2 Å². The van der Waals surface area contributed by atoms with Crippen molar-refractivity contribution in [3.8, 4) is 33.9 Å². The van der Waals surface area contributed by atoms with Gasteiger partial charge < -0.3 is 20.9 Å². The average molecular weight is 406 g/mol. The number of nitrogens with zero attached hydrogens (tertiary/aromatic N) is 4. The Labute approximate surface area is 175 Å². The highest BCUT2D eigenvalue weighted by molar-refractivity contribution is 5.78. The van der Waals surface area contributed by atoms with Gasteiger partial charge >= 0.3 is 0 Å². The van der Waals surface area contributed by atoms with Crippen molar-refractivity contribution in [2.45, 2.75) is 12.8 Å². The smallest absolute Gasteiger partial charge is 0.161 e. The molecular weight excluding hydrogens is 380 g/mol. The third kappa shape index (κ3) is 4.44. The molecule has 1 aromatic carbocycles. The first kappa shape index (κ1) is 19.9. The van der Waals surface area contributed by atoms with Crippen LogP contribution >= 0.6 is 0 Å². The molecule has 3 heterocycles. The summed E-state index contributed by atoms with van der Waals surface area (Å²) >= 11 is 0. The lowest BCUT2D eigenvalue weighted by atomic mass is 10.0. The number of nitrogen functional groups attached to an aromatic ring is 2. The van der Waals surface area contributed by atoms with E-state index in [1.165, 1.54) is 12.8 Å². The van der Waals surface area contributed by atoms with Gasteiger partial charge in [-0.15, -0.1) is 10.2 Å². The molecule has 3 aromatic rings. The van der Waals surface area contributed by atoms with Crippen LogP contribution in [0.5, 0.6) is 11.5 Å². The zero-order valence-electron chi connectivity index (χ0n) is 17.0. The molecule has 0 bridgehead atoms. The molecule has 4 N–H and O–H groups in total. The third-order valence-corrected chi connectivity index (χ3v) is 5.24. The van der Waals surface area contributed by atoms with Gasteiger partial charge in [0, 0.05) is 23.9 Å². The van der Waals surface area contributed by atoms with Crippen molar-refractivity contribution in [1.82, 2.24) is 20.1 Å². The summed E-state index contributed by atoms with van der Waals surface area (Å²) in [5.74, 6) is 2.14. The molecule has 1 fully saturated rings. The van der Waals surface area contributed by atoms with Gasteiger partial charge in [-0.25, -0.2) is 4.98 Å². The van der Waals surface area contributed by atoms with E-state index < -0.39 is 0 Å². The van der Waals surface area contributed by atoms with Crippen molar-refractivity contribution in [3.63, 3.8) is 0 Å². The number of pyridine rings is 1. The molecule has 30 heavy (non-hydrogen) atoms. The lowest BCUT2D eigenvalue weighted by molar-refractivity contribution is 0.230. The van der Waals surface area contributed by atoms with E-state index in [4.69, 9.17) is 20.9 Å². The minimum absolute atomic E-state index is 0.353. The fraction of sp³-hybridized carbons (Fsp3) is 0.318. The van der Waals surface area contributed by atoms with Crippen LogP contribution in [0.2, 0.25) is 0 Å². The van der Waals surface area contributed by atoms with Crippen LogP contribution in [-0.4, -0.2) is 53.4 Å². The lowest BCUT2D eigenvalue weighted by Crippen LogP contribution is -2.25. The molecule has 8 heteroatoms. The maximum atomic E-state index is 6.07. The number of hydrogen-bond donors (Lipinski definition) is 2. The number of benzene rings is 1. The van der Waals surface area contributed by atoms with Crippen LogP contribution in [0.25, 0.3) is 22.4 Å². The Morgan fingerprint density at radius 1 is 0.967 bits per heavy atom. The molecule has 0 amide bonds. The SMILES string of the molecule is COc1cc(-c2cnc(N)c(-c3ccc(N)nn3)c2)ccc1OCCN1CCCC1. The molecule has 8 nitrogen and oxygen atoms in total. The molecule has 0 unspecified atom stereocenters. The highest BCUT2D eigenvalue weighted by Crippen LogP contribution is 2.34. The first-order valence-corrected chi connectivity index (χ1v) is 10.0. The maximum Gasteiger partial charge on any atom is 0.161 e. The molecule has 0 aliphatic carbocycles. The largest absolute Gasteiger partial charge is 0.493 e. The van der Waals surface area contributed by atoms with Gasteiger partial charge in [0.15, 0.2) is 11.5 Å². The second kappa shape index (κ2) is 8.96. The van der Waals surface area contributed by atoms with Gasteiger partial charge in [-0.3, -0.25) is 4.90 Å². The van der Waals surface area contributed by atoms with Crippen molar-refractivity contribution in [2.75, 3.05) is 44.8 Å². The summed E-state index contributed by atoms with van der Waals surface area (Å²) in [6.45, 7) is 3.88. The van der Waals surface area contributed by atoms with Crippen molar-refractivity contribution in [1.29, 1.82) is 0 Å². The fourth-order valence-corrected chi connectivity index (χ4v) is 3.58. The van der Waals surface area contributed by atoms with Crippen LogP contribution < -0.4 is 20.9 Å². The molecule has 0 radical (unpaired) electrons. The van der Waals surface area contributed by atoms with E-state index in [9.17, 15) is 0 Å². The topological polar surface area (TPSA) is 112 Å². The Balaban J connectivity index is 1.54. The predicted molar refractivity (Wildman–Crippen MR) is 117 cm³/mol. The first-order chi connectivity index (χ1) is 14.6. The number of ether oxygens (including phenoxy) is 2. The average Bonchev–Trinajstić information content (AvgIpc) is 3.28. The highest BCUT2D eigenvalue weighted by atomic mass is 16.5. The van der Waals surface area contributed by atoms with Crippen LogP contribution in [0.1, 0.15) is 12.8 Å². The van der Waals surface area contributed by atoms with Gasteiger partial charge in [0.2, 0.25) is 0 Å². The minimum atomic E-state index is 0.353. The quantitative estimate of drug-likeness (QED) is 0.616. The fourth-order valence-electron chi connectivity index (χ4n) is 3.58. The van der Waals surface area contributed by atoms with E-state index in [2.05, 4.69) is 20.1 Å². The standard InChI is InChI=1S/C22H26N6O2/c1-29-20-13-15(4-6-19(20)30-11-10-28-8-2-3-9-28)16-12-17(22(24)25-14-16)18-5-7-21(23)27-26-18/h4-7,12-14H,2-3,8-11H2,1H3,(H2,23,27)(H2,24,25). The number of rotatable bonds is 7. The zero-order valence-corrected chi connectivity index (χ0v) is 17.0. The monoisotopic (exact) mass is 406 g/mol. The summed E-state index contributed by atoms with van der Waals surface area (Å²) in [6.07, 6.45) is 4.28. The van der Waals surface area contributed by atoms with E-state index >= 15 is 0 Å². The van der Waals surface area contributed by atoms with Gasteiger partial charge in [-0.1, -0.05) is 6.07 Å². The number of methoxy groups -OCH3 is 1. The third-order valence-electron chi connectivity index (χ3n) is 5.24. The van der Waals surface area contributed by atoms with Crippen molar-refractivity contribution < 1.29 is 9.47 Å². The molecule has 1 aliphatic heterocycles. The number of hydrogen-bond acceptors (Lipinski definition) is 8.